The minimum absolute atomic E-state index is 0.0397. The van der Waals surface area contributed by atoms with E-state index in [9.17, 15) is 9.59 Å². The van der Waals surface area contributed by atoms with Crippen molar-refractivity contribution < 1.29 is 14.3 Å². The number of fused-ring (bicyclic) bond motifs is 2. The van der Waals surface area contributed by atoms with Gasteiger partial charge in [-0.2, -0.15) is 0 Å². The van der Waals surface area contributed by atoms with Crippen LogP contribution in [0.1, 0.15) is 10.4 Å². The first-order chi connectivity index (χ1) is 15.9. The lowest BCUT2D eigenvalue weighted by molar-refractivity contribution is 0.0600. The summed E-state index contributed by atoms with van der Waals surface area (Å²) in [6.45, 7) is 3.92. The highest BCUT2D eigenvalue weighted by Crippen LogP contribution is 2.35. The second kappa shape index (κ2) is 8.72. The smallest absolute Gasteiger partial charge is 0.337 e. The number of hydrogen-bond acceptors (Lipinski definition) is 7. The molecule has 2 amide bonds. The summed E-state index contributed by atoms with van der Waals surface area (Å²) >= 11 is 7.73. The number of esters is 1. The minimum atomic E-state index is -0.413. The molecule has 1 saturated heterocycles. The van der Waals surface area contributed by atoms with Crippen LogP contribution in [0.3, 0.4) is 0 Å². The molecule has 0 radical (unpaired) electrons. The fraction of sp³-hybridized carbons (Fsp3) is 0.348. The van der Waals surface area contributed by atoms with E-state index in [0.717, 1.165) is 33.3 Å². The Hall–Kier alpha value is -3.04. The zero-order valence-electron chi connectivity index (χ0n) is 18.5. The summed E-state index contributed by atoms with van der Waals surface area (Å²) in [5.74, 6) is -0.413. The third kappa shape index (κ3) is 4.06. The molecule has 1 aromatic heterocycles. The number of urea groups is 1. The van der Waals surface area contributed by atoms with Crippen molar-refractivity contribution in [2.75, 3.05) is 68.1 Å². The highest BCUT2D eigenvalue weighted by molar-refractivity contribution is 7.22. The number of aromatic nitrogens is 1. The Morgan fingerprint density at radius 1 is 1.00 bits per heavy atom. The highest BCUT2D eigenvalue weighted by Gasteiger charge is 2.31. The molecular weight excluding hydrogens is 462 g/mol. The molecule has 8 nitrogen and oxygen atoms in total. The van der Waals surface area contributed by atoms with E-state index in [0.29, 0.717) is 43.3 Å². The van der Waals surface area contributed by atoms with Crippen molar-refractivity contribution >= 4 is 61.7 Å². The molecule has 2 aliphatic rings. The molecule has 3 heterocycles. The number of benzene rings is 2. The van der Waals surface area contributed by atoms with Crippen molar-refractivity contribution in [1.82, 2.24) is 9.88 Å². The van der Waals surface area contributed by atoms with Gasteiger partial charge in [0.1, 0.15) is 0 Å². The van der Waals surface area contributed by atoms with Crippen molar-refractivity contribution in [2.45, 2.75) is 0 Å². The molecule has 0 atom stereocenters. The van der Waals surface area contributed by atoms with Gasteiger partial charge < -0.3 is 19.4 Å². The molecular formula is C23H24ClN5O3S. The van der Waals surface area contributed by atoms with E-state index >= 15 is 0 Å². The normalized spacial score (nSPS) is 16.2. The fourth-order valence-corrected chi connectivity index (χ4v) is 5.57. The molecule has 2 aromatic carbocycles. The molecule has 1 fully saturated rings. The first-order valence-corrected chi connectivity index (χ1v) is 11.9. The summed E-state index contributed by atoms with van der Waals surface area (Å²) in [6, 6.07) is 11.0. The Morgan fingerprint density at radius 2 is 1.79 bits per heavy atom. The second-order valence-corrected chi connectivity index (χ2v) is 9.58. The fourth-order valence-electron chi connectivity index (χ4n) is 4.28. The highest BCUT2D eigenvalue weighted by atomic mass is 35.5. The SMILES string of the molecule is COC(=O)c1ccc2c(c1)N(C(=O)N1CCN(c3nc4ccc(Cl)cc4s3)CC1)CCN2C. The summed E-state index contributed by atoms with van der Waals surface area (Å²) in [5, 5.41) is 1.66. The molecule has 10 heteroatoms. The summed E-state index contributed by atoms with van der Waals surface area (Å²) < 4.78 is 5.93. The van der Waals surface area contributed by atoms with E-state index in [1.807, 2.05) is 36.2 Å². The third-order valence-electron chi connectivity index (χ3n) is 6.15. The van der Waals surface area contributed by atoms with Gasteiger partial charge in [0.15, 0.2) is 5.13 Å². The van der Waals surface area contributed by atoms with Crippen molar-refractivity contribution in [3.05, 3.63) is 47.0 Å². The lowest BCUT2D eigenvalue weighted by atomic mass is 10.1. The number of hydrogen-bond donors (Lipinski definition) is 0. The maximum absolute atomic E-state index is 13.5. The Morgan fingerprint density at radius 3 is 2.55 bits per heavy atom. The molecule has 0 aliphatic carbocycles. The van der Waals surface area contributed by atoms with Crippen LogP contribution in [0.25, 0.3) is 10.2 Å². The molecule has 2 aliphatic heterocycles. The van der Waals surface area contributed by atoms with Gasteiger partial charge in [0.2, 0.25) is 0 Å². The van der Waals surface area contributed by atoms with E-state index in [4.69, 9.17) is 21.3 Å². The van der Waals surface area contributed by atoms with E-state index in [2.05, 4.69) is 9.80 Å². The number of piperazine rings is 1. The topological polar surface area (TPSA) is 69.2 Å². The average Bonchev–Trinajstić information content (AvgIpc) is 3.26. The van der Waals surface area contributed by atoms with E-state index in [1.54, 1.807) is 28.4 Å². The molecule has 3 aromatic rings. The van der Waals surface area contributed by atoms with Crippen LogP contribution >= 0.6 is 22.9 Å². The van der Waals surface area contributed by atoms with Crippen LogP contribution in [0.4, 0.5) is 21.3 Å². The Kier molecular flexibility index (Phi) is 5.76. The lowest BCUT2D eigenvalue weighted by Crippen LogP contribution is -2.55. The summed E-state index contributed by atoms with van der Waals surface area (Å²) in [6.07, 6.45) is 0. The van der Waals surface area contributed by atoms with Gasteiger partial charge in [-0.05, 0) is 36.4 Å². The van der Waals surface area contributed by atoms with Crippen LogP contribution in [-0.2, 0) is 4.74 Å². The predicted octanol–water partition coefficient (Wildman–Crippen LogP) is 3.93. The van der Waals surface area contributed by atoms with Crippen LogP contribution in [0.15, 0.2) is 36.4 Å². The first-order valence-electron chi connectivity index (χ1n) is 10.8. The Balaban J connectivity index is 1.32. The molecule has 33 heavy (non-hydrogen) atoms. The van der Waals surface area contributed by atoms with Crippen molar-refractivity contribution in [3.63, 3.8) is 0 Å². The van der Waals surface area contributed by atoms with Crippen molar-refractivity contribution in [1.29, 1.82) is 0 Å². The number of carbonyl (C=O) groups is 2. The van der Waals surface area contributed by atoms with Gasteiger partial charge in [-0.25, -0.2) is 14.6 Å². The molecule has 0 N–H and O–H groups in total. The van der Waals surface area contributed by atoms with E-state index in [1.165, 1.54) is 7.11 Å². The Bertz CT molecular complexity index is 1220. The number of nitrogens with zero attached hydrogens (tertiary/aromatic N) is 5. The summed E-state index contributed by atoms with van der Waals surface area (Å²) in [5.41, 5.74) is 3.04. The van der Waals surface area contributed by atoms with Crippen molar-refractivity contribution in [2.24, 2.45) is 0 Å². The quantitative estimate of drug-likeness (QED) is 0.512. The number of ether oxygens (including phenoxy) is 1. The predicted molar refractivity (Wildman–Crippen MR) is 132 cm³/mol. The molecule has 0 unspecified atom stereocenters. The largest absolute Gasteiger partial charge is 0.465 e. The number of halogens is 1. The summed E-state index contributed by atoms with van der Waals surface area (Å²) in [4.78, 5) is 38.2. The second-order valence-electron chi connectivity index (χ2n) is 8.13. The van der Waals surface area contributed by atoms with Crippen LogP contribution in [0.2, 0.25) is 5.02 Å². The van der Waals surface area contributed by atoms with Gasteiger partial charge >= 0.3 is 12.0 Å². The number of amides is 2. The van der Waals surface area contributed by atoms with Gasteiger partial charge in [0.25, 0.3) is 0 Å². The zero-order valence-corrected chi connectivity index (χ0v) is 20.0. The monoisotopic (exact) mass is 485 g/mol. The summed E-state index contributed by atoms with van der Waals surface area (Å²) in [7, 11) is 3.35. The Labute approximate surface area is 200 Å². The van der Waals surface area contributed by atoms with Crippen LogP contribution < -0.4 is 14.7 Å². The number of thiazole rings is 1. The molecule has 0 saturated carbocycles. The number of anilines is 3. The van der Waals surface area contributed by atoms with Crippen LogP contribution in [0, 0.1) is 0 Å². The standard InChI is InChI=1S/C23H24ClN5O3S/c1-26-7-12-29(19-13-15(21(30)32-2)3-6-18(19)26)23(31)28-10-8-27(9-11-28)22-25-17-5-4-16(24)14-20(17)33-22/h3-6,13-14H,7-12H2,1-2H3. The van der Waals surface area contributed by atoms with Crippen LogP contribution in [0.5, 0.6) is 0 Å². The molecule has 172 valence electrons. The number of likely N-dealkylation sites (N-methyl/N-ethyl adjacent to an activating group) is 1. The molecule has 5 rings (SSSR count). The minimum Gasteiger partial charge on any atom is -0.465 e. The van der Waals surface area contributed by atoms with Crippen molar-refractivity contribution in [3.8, 4) is 0 Å². The van der Waals surface area contributed by atoms with Gasteiger partial charge in [-0.1, -0.05) is 22.9 Å². The van der Waals surface area contributed by atoms with Gasteiger partial charge in [-0.3, -0.25) is 4.90 Å². The van der Waals surface area contributed by atoms with Gasteiger partial charge in [0.05, 0.1) is 34.3 Å². The average molecular weight is 486 g/mol. The number of methoxy groups -OCH3 is 1. The molecule has 0 bridgehead atoms. The van der Waals surface area contributed by atoms with Crippen LogP contribution in [-0.4, -0.2) is 75.3 Å². The van der Waals surface area contributed by atoms with E-state index < -0.39 is 5.97 Å². The lowest BCUT2D eigenvalue weighted by Gasteiger charge is -2.41. The number of carbonyl (C=O) groups excluding carboxylic acids is 2. The third-order valence-corrected chi connectivity index (χ3v) is 7.46. The van der Waals surface area contributed by atoms with E-state index in [-0.39, 0.29) is 6.03 Å². The molecule has 0 spiro atoms. The maximum Gasteiger partial charge on any atom is 0.337 e. The number of rotatable bonds is 2. The van der Waals surface area contributed by atoms with Gasteiger partial charge in [0, 0.05) is 51.3 Å². The maximum atomic E-state index is 13.5. The van der Waals surface area contributed by atoms with Gasteiger partial charge in [-0.15, -0.1) is 0 Å². The zero-order chi connectivity index (χ0) is 23.1. The first kappa shape index (κ1) is 21.8.